The number of rotatable bonds is 2. The highest BCUT2D eigenvalue weighted by Gasteiger charge is 2.13. The first-order valence-corrected chi connectivity index (χ1v) is 5.18. The van der Waals surface area contributed by atoms with Crippen LogP contribution in [0.2, 0.25) is 0 Å². The molecule has 0 amide bonds. The zero-order valence-corrected chi connectivity index (χ0v) is 9.57. The Bertz CT molecular complexity index is 581. The van der Waals surface area contributed by atoms with Crippen molar-refractivity contribution in [1.29, 1.82) is 0 Å². The van der Waals surface area contributed by atoms with Crippen LogP contribution in [0, 0.1) is 19.7 Å². The lowest BCUT2D eigenvalue weighted by atomic mass is 10.0. The predicted molar refractivity (Wildman–Crippen MR) is 61.3 cm³/mol. The summed E-state index contributed by atoms with van der Waals surface area (Å²) in [5, 5.41) is 0. The summed E-state index contributed by atoms with van der Waals surface area (Å²) in [6.45, 7) is 3.42. The second-order valence-electron chi connectivity index (χ2n) is 3.78. The number of aromatic nitrogens is 2. The lowest BCUT2D eigenvalue weighted by molar-refractivity contribution is 0.103. The van der Waals surface area contributed by atoms with Crippen LogP contribution < -0.4 is 0 Å². The number of hydrogen-bond donors (Lipinski definition) is 0. The molecule has 3 nitrogen and oxygen atoms in total. The average Bonchev–Trinajstić information content (AvgIpc) is 2.28. The van der Waals surface area contributed by atoms with Crippen molar-refractivity contribution in [3.05, 3.63) is 58.9 Å². The van der Waals surface area contributed by atoms with E-state index >= 15 is 0 Å². The summed E-state index contributed by atoms with van der Waals surface area (Å²) >= 11 is 0. The summed E-state index contributed by atoms with van der Waals surface area (Å²) in [5.74, 6) is -0.0264. The van der Waals surface area contributed by atoms with Gasteiger partial charge in [0.25, 0.3) is 0 Å². The van der Waals surface area contributed by atoms with E-state index in [9.17, 15) is 9.18 Å². The minimum absolute atomic E-state index is 0.215. The van der Waals surface area contributed by atoms with Gasteiger partial charge in [-0.2, -0.15) is 0 Å². The van der Waals surface area contributed by atoms with E-state index < -0.39 is 0 Å². The average molecular weight is 230 g/mol. The molecule has 0 bridgehead atoms. The highest BCUT2D eigenvalue weighted by molar-refractivity contribution is 6.08. The first-order valence-electron chi connectivity index (χ1n) is 5.18. The zero-order valence-electron chi connectivity index (χ0n) is 9.57. The molecule has 2 aromatic rings. The fourth-order valence-electron chi connectivity index (χ4n) is 1.60. The minimum Gasteiger partial charge on any atom is -0.287 e. The number of halogens is 1. The number of ketones is 1. The van der Waals surface area contributed by atoms with Crippen molar-refractivity contribution in [2.24, 2.45) is 0 Å². The van der Waals surface area contributed by atoms with E-state index in [1.165, 1.54) is 24.4 Å². The quantitative estimate of drug-likeness (QED) is 0.744. The molecule has 0 atom stereocenters. The highest BCUT2D eigenvalue weighted by Crippen LogP contribution is 2.14. The van der Waals surface area contributed by atoms with Crippen molar-refractivity contribution in [3.8, 4) is 0 Å². The number of carbonyl (C=O) groups excluding carboxylic acids is 1. The summed E-state index contributed by atoms with van der Waals surface area (Å²) in [4.78, 5) is 20.1. The van der Waals surface area contributed by atoms with Crippen LogP contribution in [0.5, 0.6) is 0 Å². The molecule has 0 saturated heterocycles. The van der Waals surface area contributed by atoms with Crippen LogP contribution in [0.15, 0.2) is 30.5 Å². The van der Waals surface area contributed by atoms with Crippen LogP contribution in [-0.2, 0) is 0 Å². The highest BCUT2D eigenvalue weighted by atomic mass is 19.1. The second kappa shape index (κ2) is 4.41. The van der Waals surface area contributed by atoms with Crippen molar-refractivity contribution in [3.63, 3.8) is 0 Å². The number of hydrogen-bond acceptors (Lipinski definition) is 3. The van der Waals surface area contributed by atoms with Crippen molar-refractivity contribution >= 4 is 5.78 Å². The summed E-state index contributed by atoms with van der Waals surface area (Å²) in [6.07, 6.45) is 1.54. The lowest BCUT2D eigenvalue weighted by Crippen LogP contribution is -2.07. The fourth-order valence-corrected chi connectivity index (χ4v) is 1.60. The van der Waals surface area contributed by atoms with E-state index in [1.54, 1.807) is 19.9 Å². The second-order valence-corrected chi connectivity index (χ2v) is 3.78. The lowest BCUT2D eigenvalue weighted by Gasteiger charge is -2.04. The van der Waals surface area contributed by atoms with Crippen LogP contribution in [-0.4, -0.2) is 15.8 Å². The molecule has 17 heavy (non-hydrogen) atoms. The molecule has 0 radical (unpaired) electrons. The van der Waals surface area contributed by atoms with Gasteiger partial charge in [-0.15, -0.1) is 0 Å². The Balaban J connectivity index is 2.44. The molecule has 2 rings (SSSR count). The van der Waals surface area contributed by atoms with E-state index in [2.05, 4.69) is 9.97 Å². The monoisotopic (exact) mass is 230 g/mol. The van der Waals surface area contributed by atoms with Crippen molar-refractivity contribution in [2.75, 3.05) is 0 Å². The van der Waals surface area contributed by atoms with Crippen LogP contribution in [0.3, 0.4) is 0 Å². The molecular weight excluding hydrogens is 219 g/mol. The minimum atomic E-state index is -0.349. The van der Waals surface area contributed by atoms with Crippen molar-refractivity contribution in [2.45, 2.75) is 13.8 Å². The molecule has 0 spiro atoms. The molecule has 0 aliphatic carbocycles. The summed E-state index contributed by atoms with van der Waals surface area (Å²) in [6, 6.07) is 5.64. The predicted octanol–water partition coefficient (Wildman–Crippen LogP) is 2.46. The summed E-state index contributed by atoms with van der Waals surface area (Å²) < 4.78 is 12.9. The first kappa shape index (κ1) is 11.4. The molecule has 0 aliphatic heterocycles. The maximum atomic E-state index is 12.9. The number of carbonyl (C=O) groups is 1. The molecule has 4 heteroatoms. The molecule has 86 valence electrons. The van der Waals surface area contributed by atoms with Gasteiger partial charge in [-0.1, -0.05) is 0 Å². The smallest absolute Gasteiger partial charge is 0.211 e. The molecule has 1 aromatic carbocycles. The van der Waals surface area contributed by atoms with Gasteiger partial charge in [-0.25, -0.2) is 14.4 Å². The molecular formula is C13H11FN2O. The van der Waals surface area contributed by atoms with Gasteiger partial charge in [-0.05, 0) is 43.7 Å². The Morgan fingerprint density at radius 1 is 1.24 bits per heavy atom. The Labute approximate surface area is 98.3 Å². The largest absolute Gasteiger partial charge is 0.287 e. The van der Waals surface area contributed by atoms with Crippen LogP contribution >= 0.6 is 0 Å². The Kier molecular flexibility index (Phi) is 2.95. The van der Waals surface area contributed by atoms with Gasteiger partial charge in [0.15, 0.2) is 0 Å². The molecule has 0 unspecified atom stereocenters. The molecule has 0 N–H and O–H groups in total. The SMILES string of the molecule is Cc1nccc(C(=O)c2ccc(F)cc2C)n1. The van der Waals surface area contributed by atoms with Gasteiger partial charge >= 0.3 is 0 Å². The van der Waals surface area contributed by atoms with Gasteiger partial charge < -0.3 is 0 Å². The maximum Gasteiger partial charge on any atom is 0.211 e. The molecule has 0 saturated carbocycles. The zero-order chi connectivity index (χ0) is 12.4. The maximum absolute atomic E-state index is 12.9. The van der Waals surface area contributed by atoms with Gasteiger partial charge in [-0.3, -0.25) is 4.79 Å². The Hall–Kier alpha value is -2.10. The van der Waals surface area contributed by atoms with Crippen molar-refractivity contribution < 1.29 is 9.18 Å². The number of benzene rings is 1. The third-order valence-corrected chi connectivity index (χ3v) is 2.44. The molecule has 1 aromatic heterocycles. The molecule has 0 aliphatic rings. The number of nitrogens with zero attached hydrogens (tertiary/aromatic N) is 2. The summed E-state index contributed by atoms with van der Waals surface area (Å²) in [5.41, 5.74) is 1.39. The van der Waals surface area contributed by atoms with E-state index in [4.69, 9.17) is 0 Å². The third kappa shape index (κ3) is 2.36. The Morgan fingerprint density at radius 2 is 2.00 bits per heavy atom. The van der Waals surface area contributed by atoms with E-state index in [-0.39, 0.29) is 11.6 Å². The van der Waals surface area contributed by atoms with E-state index in [1.807, 2.05) is 0 Å². The van der Waals surface area contributed by atoms with Gasteiger partial charge in [0.2, 0.25) is 5.78 Å². The van der Waals surface area contributed by atoms with E-state index in [0.29, 0.717) is 22.6 Å². The van der Waals surface area contributed by atoms with Crippen LogP contribution in [0.1, 0.15) is 27.4 Å². The molecule has 1 heterocycles. The van der Waals surface area contributed by atoms with Crippen LogP contribution in [0.4, 0.5) is 4.39 Å². The first-order chi connectivity index (χ1) is 8.08. The van der Waals surface area contributed by atoms with Gasteiger partial charge in [0.1, 0.15) is 17.3 Å². The van der Waals surface area contributed by atoms with E-state index in [0.717, 1.165) is 0 Å². The van der Waals surface area contributed by atoms with Gasteiger partial charge in [0, 0.05) is 11.8 Å². The topological polar surface area (TPSA) is 42.9 Å². The Morgan fingerprint density at radius 3 is 2.65 bits per heavy atom. The number of aryl methyl sites for hydroxylation is 2. The summed E-state index contributed by atoms with van der Waals surface area (Å²) in [7, 11) is 0. The van der Waals surface area contributed by atoms with Crippen molar-refractivity contribution in [1.82, 2.24) is 9.97 Å². The molecule has 0 fully saturated rings. The third-order valence-electron chi connectivity index (χ3n) is 2.44. The van der Waals surface area contributed by atoms with Crippen LogP contribution in [0.25, 0.3) is 0 Å². The van der Waals surface area contributed by atoms with Gasteiger partial charge in [0.05, 0.1) is 0 Å². The normalized spacial score (nSPS) is 10.3. The fraction of sp³-hybridized carbons (Fsp3) is 0.154. The standard InChI is InChI=1S/C13H11FN2O/c1-8-7-10(14)3-4-11(8)13(17)12-5-6-15-9(2)16-12/h3-7H,1-2H3.